The van der Waals surface area contributed by atoms with Crippen LogP contribution in [-0.2, 0) is 0 Å². The highest BCUT2D eigenvalue weighted by Gasteiger charge is 2.18. The van der Waals surface area contributed by atoms with E-state index in [9.17, 15) is 4.79 Å². The van der Waals surface area contributed by atoms with Gasteiger partial charge in [0.2, 0.25) is 0 Å². The minimum Gasteiger partial charge on any atom is -0.322 e. The Morgan fingerprint density at radius 3 is 2.94 bits per heavy atom. The summed E-state index contributed by atoms with van der Waals surface area (Å²) in [5.41, 5.74) is 1.92. The number of benzene rings is 1. The summed E-state index contributed by atoms with van der Waals surface area (Å²) in [6.07, 6.45) is 2.26. The number of hydrogen-bond donors (Lipinski definition) is 2. The van der Waals surface area contributed by atoms with Crippen molar-refractivity contribution in [1.82, 2.24) is 10.3 Å². The number of H-pyrrole nitrogens is 1. The van der Waals surface area contributed by atoms with Crippen molar-refractivity contribution in [3.63, 3.8) is 0 Å². The molecule has 3 rings (SSSR count). The molecule has 1 aliphatic rings. The Kier molecular flexibility index (Phi) is 2.69. The summed E-state index contributed by atoms with van der Waals surface area (Å²) in [6.45, 7) is 1.99. The maximum Gasteiger partial charge on any atom is 0.251 e. The summed E-state index contributed by atoms with van der Waals surface area (Å²) in [5.74, 6) is 0.358. The molecule has 0 aliphatic carbocycles. The number of piperidine rings is 1. The summed E-state index contributed by atoms with van der Waals surface area (Å²) in [6, 6.07) is 9.99. The zero-order valence-electron chi connectivity index (χ0n) is 9.70. The van der Waals surface area contributed by atoms with Crippen LogP contribution in [-0.4, -0.2) is 18.1 Å². The van der Waals surface area contributed by atoms with E-state index >= 15 is 0 Å². The van der Waals surface area contributed by atoms with Gasteiger partial charge < -0.3 is 10.3 Å². The van der Waals surface area contributed by atoms with Gasteiger partial charge in [0, 0.05) is 23.5 Å². The van der Waals surface area contributed by atoms with Gasteiger partial charge in [-0.05, 0) is 36.9 Å². The predicted octanol–water partition coefficient (Wildman–Crippen LogP) is 2.00. The number of nitrogens with one attached hydrogen (secondary N) is 2. The number of para-hydroxylation sites is 1. The Morgan fingerprint density at radius 2 is 2.12 bits per heavy atom. The van der Waals surface area contributed by atoms with Gasteiger partial charge in [-0.2, -0.15) is 0 Å². The van der Waals surface area contributed by atoms with Gasteiger partial charge in [0.15, 0.2) is 0 Å². The zero-order chi connectivity index (χ0) is 11.7. The standard InChI is InChI=1S/C14H16N2O/c17-14-12(11-5-3-7-15-9-11)8-10-4-1-2-6-13(10)16-14/h1-2,4,6,8,11,15H,3,5,7,9H2,(H,16,17). The molecule has 0 radical (unpaired) electrons. The fraction of sp³-hybridized carbons (Fsp3) is 0.357. The number of rotatable bonds is 1. The van der Waals surface area contributed by atoms with E-state index in [1.54, 1.807) is 0 Å². The Hall–Kier alpha value is -1.61. The van der Waals surface area contributed by atoms with E-state index in [1.807, 2.05) is 30.3 Å². The fourth-order valence-corrected chi connectivity index (χ4v) is 2.58. The summed E-state index contributed by atoms with van der Waals surface area (Å²) in [7, 11) is 0. The number of pyridine rings is 1. The lowest BCUT2D eigenvalue weighted by Crippen LogP contribution is -2.31. The molecule has 3 heteroatoms. The number of fused-ring (bicyclic) bond motifs is 1. The predicted molar refractivity (Wildman–Crippen MR) is 69.4 cm³/mol. The van der Waals surface area contributed by atoms with E-state index in [1.165, 1.54) is 0 Å². The van der Waals surface area contributed by atoms with Crippen LogP contribution in [0.5, 0.6) is 0 Å². The Labute approximate surface area is 99.9 Å². The van der Waals surface area contributed by atoms with Crippen molar-refractivity contribution in [2.75, 3.05) is 13.1 Å². The summed E-state index contributed by atoms with van der Waals surface area (Å²) in [4.78, 5) is 15.0. The van der Waals surface area contributed by atoms with Crippen LogP contribution in [0.15, 0.2) is 35.1 Å². The molecule has 2 N–H and O–H groups in total. The second-order valence-corrected chi connectivity index (χ2v) is 4.68. The molecule has 0 bridgehead atoms. The van der Waals surface area contributed by atoms with Crippen molar-refractivity contribution in [3.05, 3.63) is 46.2 Å². The van der Waals surface area contributed by atoms with Gasteiger partial charge in [-0.3, -0.25) is 4.79 Å². The van der Waals surface area contributed by atoms with Crippen LogP contribution in [0.4, 0.5) is 0 Å². The molecule has 2 heterocycles. The quantitative estimate of drug-likeness (QED) is 0.784. The third-order valence-corrected chi connectivity index (χ3v) is 3.52. The Bertz CT molecular complexity index is 582. The molecule has 1 atom stereocenters. The van der Waals surface area contributed by atoms with Crippen LogP contribution in [0, 0.1) is 0 Å². The first-order valence-electron chi connectivity index (χ1n) is 6.17. The molecule has 1 aliphatic heterocycles. The van der Waals surface area contributed by atoms with Crippen LogP contribution in [0.1, 0.15) is 24.3 Å². The topological polar surface area (TPSA) is 44.9 Å². The second-order valence-electron chi connectivity index (χ2n) is 4.68. The van der Waals surface area contributed by atoms with E-state index in [2.05, 4.69) is 10.3 Å². The Morgan fingerprint density at radius 1 is 1.24 bits per heavy atom. The molecule has 1 aromatic heterocycles. The van der Waals surface area contributed by atoms with Crippen LogP contribution in [0.3, 0.4) is 0 Å². The van der Waals surface area contributed by atoms with E-state index in [-0.39, 0.29) is 5.56 Å². The average Bonchev–Trinajstić information content (AvgIpc) is 2.39. The van der Waals surface area contributed by atoms with E-state index in [4.69, 9.17) is 0 Å². The normalized spacial score (nSPS) is 20.6. The molecule has 3 nitrogen and oxygen atoms in total. The zero-order valence-corrected chi connectivity index (χ0v) is 9.70. The number of aromatic nitrogens is 1. The minimum absolute atomic E-state index is 0.0670. The van der Waals surface area contributed by atoms with Crippen molar-refractivity contribution in [3.8, 4) is 0 Å². The maximum absolute atomic E-state index is 12.0. The van der Waals surface area contributed by atoms with E-state index in [0.717, 1.165) is 42.4 Å². The van der Waals surface area contributed by atoms with Crippen LogP contribution in [0.25, 0.3) is 10.9 Å². The van der Waals surface area contributed by atoms with Crippen LogP contribution in [0.2, 0.25) is 0 Å². The molecule has 2 aromatic rings. The van der Waals surface area contributed by atoms with Gasteiger partial charge in [-0.15, -0.1) is 0 Å². The first-order valence-corrected chi connectivity index (χ1v) is 6.17. The second kappa shape index (κ2) is 4.34. The third kappa shape index (κ3) is 1.98. The molecular weight excluding hydrogens is 212 g/mol. The highest BCUT2D eigenvalue weighted by molar-refractivity contribution is 5.78. The van der Waals surface area contributed by atoms with Gasteiger partial charge in [-0.1, -0.05) is 18.2 Å². The molecule has 1 unspecified atom stereocenters. The van der Waals surface area contributed by atoms with Crippen molar-refractivity contribution in [2.24, 2.45) is 0 Å². The maximum atomic E-state index is 12.0. The molecule has 1 fully saturated rings. The van der Waals surface area contributed by atoms with Gasteiger partial charge in [0.05, 0.1) is 0 Å². The molecule has 0 spiro atoms. The average molecular weight is 228 g/mol. The fourth-order valence-electron chi connectivity index (χ4n) is 2.58. The molecule has 0 amide bonds. The SMILES string of the molecule is O=c1[nH]c2ccccc2cc1C1CCCNC1. The molecule has 88 valence electrons. The van der Waals surface area contributed by atoms with Gasteiger partial charge in [0.1, 0.15) is 0 Å². The minimum atomic E-state index is 0.0670. The molecule has 1 aromatic carbocycles. The van der Waals surface area contributed by atoms with Crippen molar-refractivity contribution < 1.29 is 0 Å². The number of aromatic amines is 1. The smallest absolute Gasteiger partial charge is 0.251 e. The summed E-state index contributed by atoms with van der Waals surface area (Å²) < 4.78 is 0. The molecule has 17 heavy (non-hydrogen) atoms. The van der Waals surface area contributed by atoms with Crippen molar-refractivity contribution >= 4 is 10.9 Å². The van der Waals surface area contributed by atoms with E-state index < -0.39 is 0 Å². The number of hydrogen-bond acceptors (Lipinski definition) is 2. The largest absolute Gasteiger partial charge is 0.322 e. The van der Waals surface area contributed by atoms with E-state index in [0.29, 0.717) is 5.92 Å². The lowest BCUT2D eigenvalue weighted by atomic mass is 9.92. The molecular formula is C14H16N2O. The molecule has 1 saturated heterocycles. The third-order valence-electron chi connectivity index (χ3n) is 3.52. The first kappa shape index (κ1) is 10.5. The van der Waals surface area contributed by atoms with Gasteiger partial charge in [-0.25, -0.2) is 0 Å². The highest BCUT2D eigenvalue weighted by Crippen LogP contribution is 2.22. The molecule has 0 saturated carbocycles. The van der Waals surface area contributed by atoms with Crippen molar-refractivity contribution in [2.45, 2.75) is 18.8 Å². The van der Waals surface area contributed by atoms with Crippen molar-refractivity contribution in [1.29, 1.82) is 0 Å². The summed E-state index contributed by atoms with van der Waals surface area (Å²) in [5, 5.41) is 4.47. The monoisotopic (exact) mass is 228 g/mol. The van der Waals surface area contributed by atoms with Gasteiger partial charge >= 0.3 is 0 Å². The lowest BCUT2D eigenvalue weighted by Gasteiger charge is -2.22. The highest BCUT2D eigenvalue weighted by atomic mass is 16.1. The Balaban J connectivity index is 2.09. The van der Waals surface area contributed by atoms with Gasteiger partial charge in [0.25, 0.3) is 5.56 Å². The first-order chi connectivity index (χ1) is 8.34. The van der Waals surface area contributed by atoms with Crippen LogP contribution < -0.4 is 10.9 Å². The lowest BCUT2D eigenvalue weighted by molar-refractivity contribution is 0.459. The van der Waals surface area contributed by atoms with Crippen LogP contribution >= 0.6 is 0 Å². The summed E-state index contributed by atoms with van der Waals surface area (Å²) >= 11 is 0.